The molecule has 80 valence electrons. The molecule has 5 nitrogen and oxygen atoms in total. The minimum Gasteiger partial charge on any atom is -0.370 e. The predicted molar refractivity (Wildman–Crippen MR) is 52.2 cm³/mol. The molecule has 2 amide bonds. The van der Waals surface area contributed by atoms with Crippen molar-refractivity contribution < 1.29 is 9.59 Å². The summed E-state index contributed by atoms with van der Waals surface area (Å²) in [6.45, 7) is 2.23. The smallest absolute Gasteiger partial charge is 0.221 e. The van der Waals surface area contributed by atoms with E-state index in [1.54, 1.807) is 0 Å². The Hall–Kier alpha value is -1.10. The number of primary amides is 2. The molecule has 1 aliphatic rings. The largest absolute Gasteiger partial charge is 0.370 e. The lowest BCUT2D eigenvalue weighted by atomic mass is 9.97. The quantitative estimate of drug-likeness (QED) is 0.612. The molecule has 1 saturated heterocycles. The van der Waals surface area contributed by atoms with Gasteiger partial charge in [0.1, 0.15) is 0 Å². The van der Waals surface area contributed by atoms with Gasteiger partial charge in [-0.25, -0.2) is 0 Å². The maximum absolute atomic E-state index is 10.9. The normalized spacial score (nSPS) is 23.3. The van der Waals surface area contributed by atoms with Crippen LogP contribution in [0.15, 0.2) is 0 Å². The fourth-order valence-electron chi connectivity index (χ4n) is 1.76. The van der Waals surface area contributed by atoms with E-state index in [0.717, 1.165) is 19.4 Å². The van der Waals surface area contributed by atoms with E-state index in [2.05, 4.69) is 4.90 Å². The van der Waals surface area contributed by atoms with E-state index in [9.17, 15) is 9.59 Å². The highest BCUT2D eigenvalue weighted by atomic mass is 16.1. The molecule has 1 unspecified atom stereocenters. The summed E-state index contributed by atoms with van der Waals surface area (Å²) in [4.78, 5) is 23.6. The first kappa shape index (κ1) is 11.0. The summed E-state index contributed by atoms with van der Waals surface area (Å²) in [6, 6.07) is 0. The summed E-state index contributed by atoms with van der Waals surface area (Å²) < 4.78 is 0. The average molecular weight is 199 g/mol. The van der Waals surface area contributed by atoms with Gasteiger partial charge in [-0.2, -0.15) is 0 Å². The summed E-state index contributed by atoms with van der Waals surface area (Å²) in [6.07, 6.45) is 2.18. The molecule has 1 aliphatic heterocycles. The van der Waals surface area contributed by atoms with Gasteiger partial charge in [0.05, 0.1) is 5.92 Å². The van der Waals surface area contributed by atoms with E-state index < -0.39 is 0 Å². The van der Waals surface area contributed by atoms with Crippen LogP contribution in [0, 0.1) is 5.92 Å². The van der Waals surface area contributed by atoms with Gasteiger partial charge in [0.25, 0.3) is 0 Å². The molecule has 0 bridgehead atoms. The van der Waals surface area contributed by atoms with Gasteiger partial charge in [-0.05, 0) is 19.4 Å². The lowest BCUT2D eigenvalue weighted by Gasteiger charge is -2.30. The molecule has 14 heavy (non-hydrogen) atoms. The van der Waals surface area contributed by atoms with Gasteiger partial charge in [-0.15, -0.1) is 0 Å². The predicted octanol–water partition coefficient (Wildman–Crippen LogP) is -0.941. The Bertz CT molecular complexity index is 230. The summed E-state index contributed by atoms with van der Waals surface area (Å²) in [7, 11) is 0. The van der Waals surface area contributed by atoms with Crippen LogP contribution < -0.4 is 11.5 Å². The molecule has 1 fully saturated rings. The first-order valence-electron chi connectivity index (χ1n) is 4.89. The van der Waals surface area contributed by atoms with Gasteiger partial charge < -0.3 is 16.4 Å². The van der Waals surface area contributed by atoms with Crippen LogP contribution in [0.25, 0.3) is 0 Å². The Morgan fingerprint density at radius 2 is 2.07 bits per heavy atom. The molecule has 4 N–H and O–H groups in total. The topological polar surface area (TPSA) is 89.4 Å². The van der Waals surface area contributed by atoms with Crippen LogP contribution in [0.5, 0.6) is 0 Å². The fraction of sp³-hybridized carbons (Fsp3) is 0.778. The van der Waals surface area contributed by atoms with Crippen molar-refractivity contribution in [2.24, 2.45) is 17.4 Å². The molecule has 0 spiro atoms. The van der Waals surface area contributed by atoms with Crippen molar-refractivity contribution in [2.45, 2.75) is 19.3 Å². The SMILES string of the molecule is NC(=O)CCN1CCCC(C(N)=O)C1. The number of hydrogen-bond acceptors (Lipinski definition) is 3. The number of likely N-dealkylation sites (tertiary alicyclic amines) is 1. The molecular weight excluding hydrogens is 182 g/mol. The number of nitrogens with zero attached hydrogens (tertiary/aromatic N) is 1. The van der Waals surface area contributed by atoms with E-state index in [1.165, 1.54) is 0 Å². The maximum atomic E-state index is 10.9. The van der Waals surface area contributed by atoms with Crippen molar-refractivity contribution in [1.82, 2.24) is 4.90 Å². The standard InChI is InChI=1S/C9H17N3O2/c10-8(13)3-5-12-4-1-2-7(6-12)9(11)14/h7H,1-6H2,(H2,10,13)(H2,11,14). The van der Waals surface area contributed by atoms with Crippen LogP contribution in [0.3, 0.4) is 0 Å². The Kier molecular flexibility index (Phi) is 3.88. The van der Waals surface area contributed by atoms with Crippen LogP contribution in [0.2, 0.25) is 0 Å². The molecule has 0 aromatic heterocycles. The molecule has 0 radical (unpaired) electrons. The Morgan fingerprint density at radius 3 is 2.64 bits per heavy atom. The second kappa shape index (κ2) is 4.95. The van der Waals surface area contributed by atoms with Crippen molar-refractivity contribution in [3.8, 4) is 0 Å². The van der Waals surface area contributed by atoms with Crippen LogP contribution in [0.1, 0.15) is 19.3 Å². The molecule has 1 atom stereocenters. The van der Waals surface area contributed by atoms with Crippen LogP contribution in [0.4, 0.5) is 0 Å². The number of carbonyl (C=O) groups is 2. The van der Waals surface area contributed by atoms with Crippen LogP contribution in [-0.2, 0) is 9.59 Å². The number of carbonyl (C=O) groups excluding carboxylic acids is 2. The summed E-state index contributed by atoms with van der Waals surface area (Å²) in [5.74, 6) is -0.600. The average Bonchev–Trinajstić information content (AvgIpc) is 2.15. The summed E-state index contributed by atoms with van der Waals surface area (Å²) in [5.41, 5.74) is 10.3. The van der Waals surface area contributed by atoms with E-state index in [1.807, 2.05) is 0 Å². The molecule has 0 aromatic rings. The second-order valence-electron chi connectivity index (χ2n) is 3.76. The minimum absolute atomic E-state index is 0.0587. The molecule has 5 heteroatoms. The van der Waals surface area contributed by atoms with Crippen molar-refractivity contribution in [1.29, 1.82) is 0 Å². The zero-order valence-electron chi connectivity index (χ0n) is 8.24. The monoisotopic (exact) mass is 199 g/mol. The van der Waals surface area contributed by atoms with Gasteiger partial charge in [0.15, 0.2) is 0 Å². The van der Waals surface area contributed by atoms with Gasteiger partial charge in [0, 0.05) is 19.5 Å². The van der Waals surface area contributed by atoms with E-state index in [0.29, 0.717) is 19.5 Å². The number of amides is 2. The molecule has 0 saturated carbocycles. The minimum atomic E-state index is -0.300. The molecule has 0 aliphatic carbocycles. The second-order valence-corrected chi connectivity index (χ2v) is 3.76. The lowest BCUT2D eigenvalue weighted by molar-refractivity contribution is -0.123. The third-order valence-electron chi connectivity index (χ3n) is 2.58. The van der Waals surface area contributed by atoms with Gasteiger partial charge >= 0.3 is 0 Å². The molecule has 0 aromatic carbocycles. The fourth-order valence-corrected chi connectivity index (χ4v) is 1.76. The number of nitrogens with two attached hydrogens (primary N) is 2. The first-order valence-corrected chi connectivity index (χ1v) is 4.89. The third kappa shape index (κ3) is 3.33. The van der Waals surface area contributed by atoms with Crippen molar-refractivity contribution in [2.75, 3.05) is 19.6 Å². The van der Waals surface area contributed by atoms with Gasteiger partial charge in [0.2, 0.25) is 11.8 Å². The maximum Gasteiger partial charge on any atom is 0.221 e. The number of piperidine rings is 1. The first-order chi connectivity index (χ1) is 6.59. The van der Waals surface area contributed by atoms with Gasteiger partial charge in [-0.3, -0.25) is 9.59 Å². The molecular formula is C9H17N3O2. The van der Waals surface area contributed by atoms with Crippen LogP contribution in [-0.4, -0.2) is 36.3 Å². The lowest BCUT2D eigenvalue weighted by Crippen LogP contribution is -2.42. The number of hydrogen-bond donors (Lipinski definition) is 2. The molecule has 1 heterocycles. The van der Waals surface area contributed by atoms with Crippen molar-refractivity contribution in [3.63, 3.8) is 0 Å². The van der Waals surface area contributed by atoms with E-state index in [-0.39, 0.29) is 17.7 Å². The molecule has 1 rings (SSSR count). The highest BCUT2D eigenvalue weighted by Crippen LogP contribution is 2.15. The summed E-state index contributed by atoms with van der Waals surface area (Å²) >= 11 is 0. The van der Waals surface area contributed by atoms with E-state index >= 15 is 0 Å². The third-order valence-corrected chi connectivity index (χ3v) is 2.58. The number of rotatable bonds is 4. The Labute approximate surface area is 83.4 Å². The van der Waals surface area contributed by atoms with Crippen molar-refractivity contribution in [3.05, 3.63) is 0 Å². The highest BCUT2D eigenvalue weighted by Gasteiger charge is 2.23. The van der Waals surface area contributed by atoms with Crippen LogP contribution >= 0.6 is 0 Å². The highest BCUT2D eigenvalue weighted by molar-refractivity contribution is 5.77. The van der Waals surface area contributed by atoms with E-state index in [4.69, 9.17) is 11.5 Å². The Balaban J connectivity index is 2.32. The zero-order valence-corrected chi connectivity index (χ0v) is 8.24. The van der Waals surface area contributed by atoms with Gasteiger partial charge in [-0.1, -0.05) is 0 Å². The zero-order chi connectivity index (χ0) is 10.6. The summed E-state index contributed by atoms with van der Waals surface area (Å²) in [5, 5.41) is 0. The van der Waals surface area contributed by atoms with Crippen molar-refractivity contribution >= 4 is 11.8 Å². The Morgan fingerprint density at radius 1 is 1.36 bits per heavy atom.